The number of hydrogen-bond donors (Lipinski definition) is 0. The number of amides is 1. The van der Waals surface area contributed by atoms with Crippen molar-refractivity contribution in [3.05, 3.63) is 36.0 Å². The molecule has 2 aromatic rings. The third-order valence-corrected chi connectivity index (χ3v) is 3.97. The Kier molecular flexibility index (Phi) is 4.83. The van der Waals surface area contributed by atoms with Gasteiger partial charge in [0.1, 0.15) is 0 Å². The van der Waals surface area contributed by atoms with Crippen LogP contribution in [0.5, 0.6) is 0 Å². The number of ketones is 1. The van der Waals surface area contributed by atoms with Gasteiger partial charge in [0.2, 0.25) is 11.8 Å². The summed E-state index contributed by atoms with van der Waals surface area (Å²) in [4.78, 5) is 32.0. The number of anilines is 1. The zero-order chi connectivity index (χ0) is 16.9. The number of hydrogen-bond acceptors (Lipinski definition) is 7. The molecule has 3 rings (SSSR count). The number of piperazine rings is 1. The Morgan fingerprint density at radius 1 is 1.17 bits per heavy atom. The predicted molar refractivity (Wildman–Crippen MR) is 85.6 cm³/mol. The lowest BCUT2D eigenvalue weighted by Gasteiger charge is -2.33. The molecule has 126 valence electrons. The van der Waals surface area contributed by atoms with Crippen LogP contribution in [0.25, 0.3) is 0 Å². The fourth-order valence-corrected chi connectivity index (χ4v) is 2.61. The molecule has 8 nitrogen and oxygen atoms in total. The fraction of sp³-hybridized carbons (Fsp3) is 0.438. The van der Waals surface area contributed by atoms with Crippen LogP contribution < -0.4 is 4.90 Å². The number of aryl methyl sites for hydroxylation is 1. The average molecular weight is 329 g/mol. The Bertz CT molecular complexity index is 708. The van der Waals surface area contributed by atoms with Crippen molar-refractivity contribution < 1.29 is 14.0 Å². The van der Waals surface area contributed by atoms with E-state index in [4.69, 9.17) is 4.42 Å². The zero-order valence-electron chi connectivity index (χ0n) is 13.5. The van der Waals surface area contributed by atoms with E-state index in [-0.39, 0.29) is 24.5 Å². The summed E-state index contributed by atoms with van der Waals surface area (Å²) >= 11 is 0. The normalized spacial score (nSPS) is 14.7. The lowest BCUT2D eigenvalue weighted by Crippen LogP contribution is -2.49. The van der Waals surface area contributed by atoms with Gasteiger partial charge < -0.3 is 14.2 Å². The highest BCUT2D eigenvalue weighted by Gasteiger charge is 2.24. The molecule has 1 saturated heterocycles. The molecule has 0 spiro atoms. The highest BCUT2D eigenvalue weighted by atomic mass is 16.4. The van der Waals surface area contributed by atoms with Crippen LogP contribution in [0.15, 0.2) is 28.9 Å². The molecular formula is C16H19N5O3. The molecule has 1 amide bonds. The van der Waals surface area contributed by atoms with Crippen LogP contribution in [0, 0.1) is 6.92 Å². The molecule has 1 aliphatic heterocycles. The Morgan fingerprint density at radius 3 is 2.58 bits per heavy atom. The van der Waals surface area contributed by atoms with Crippen molar-refractivity contribution in [3.63, 3.8) is 0 Å². The molecule has 3 heterocycles. The molecule has 2 aromatic heterocycles. The first-order valence-electron chi connectivity index (χ1n) is 7.89. The van der Waals surface area contributed by atoms with Crippen molar-refractivity contribution in [1.82, 2.24) is 20.1 Å². The highest BCUT2D eigenvalue weighted by molar-refractivity contribution is 5.97. The van der Waals surface area contributed by atoms with E-state index in [1.807, 2.05) is 4.90 Å². The number of Topliss-reactive ketones (excluding diaryl/α,β-unsaturated/α-hetero) is 1. The third-order valence-electron chi connectivity index (χ3n) is 3.97. The summed E-state index contributed by atoms with van der Waals surface area (Å²) < 4.78 is 5.40. The number of rotatable bonds is 5. The van der Waals surface area contributed by atoms with Gasteiger partial charge in [-0.05, 0) is 12.1 Å². The van der Waals surface area contributed by atoms with Crippen LogP contribution >= 0.6 is 0 Å². The standard InChI is InChI=1S/C16H19N5O3/c1-12-18-19-16(24-12)21-9-7-20(8-10-21)15(23)5-4-14(22)13-3-2-6-17-11-13/h2-3,6,11H,4-5,7-10H2,1H3. The minimum atomic E-state index is -0.0589. The Labute approximate surface area is 139 Å². The first-order chi connectivity index (χ1) is 11.6. The number of carbonyl (C=O) groups excluding carboxylic acids is 2. The molecule has 24 heavy (non-hydrogen) atoms. The van der Waals surface area contributed by atoms with Crippen LogP contribution in [-0.2, 0) is 4.79 Å². The monoisotopic (exact) mass is 329 g/mol. The van der Waals surface area contributed by atoms with Gasteiger partial charge in [-0.1, -0.05) is 5.10 Å². The van der Waals surface area contributed by atoms with Crippen LogP contribution in [0.3, 0.4) is 0 Å². The Morgan fingerprint density at radius 2 is 1.96 bits per heavy atom. The highest BCUT2D eigenvalue weighted by Crippen LogP contribution is 2.15. The van der Waals surface area contributed by atoms with E-state index in [1.165, 1.54) is 6.20 Å². The van der Waals surface area contributed by atoms with Gasteiger partial charge in [0, 0.05) is 63.9 Å². The van der Waals surface area contributed by atoms with Gasteiger partial charge in [-0.25, -0.2) is 0 Å². The molecule has 8 heteroatoms. The Hall–Kier alpha value is -2.77. The van der Waals surface area contributed by atoms with Gasteiger partial charge in [-0.3, -0.25) is 14.6 Å². The summed E-state index contributed by atoms with van der Waals surface area (Å²) in [7, 11) is 0. The van der Waals surface area contributed by atoms with E-state index < -0.39 is 0 Å². The summed E-state index contributed by atoms with van der Waals surface area (Å²) in [6.07, 6.45) is 3.56. The van der Waals surface area contributed by atoms with Crippen molar-refractivity contribution in [2.24, 2.45) is 0 Å². The van der Waals surface area contributed by atoms with Crippen molar-refractivity contribution >= 4 is 17.7 Å². The van der Waals surface area contributed by atoms with Gasteiger partial charge in [0.25, 0.3) is 0 Å². The van der Waals surface area contributed by atoms with Crippen LogP contribution in [0.4, 0.5) is 6.01 Å². The summed E-state index contributed by atoms with van der Waals surface area (Å²) in [5.74, 6) is 0.461. The molecule has 0 aromatic carbocycles. The quantitative estimate of drug-likeness (QED) is 0.758. The molecule has 1 fully saturated rings. The smallest absolute Gasteiger partial charge is 0.318 e. The van der Waals surface area contributed by atoms with E-state index in [0.717, 1.165) is 0 Å². The van der Waals surface area contributed by atoms with Crippen LogP contribution in [0.1, 0.15) is 29.1 Å². The van der Waals surface area contributed by atoms with Gasteiger partial charge >= 0.3 is 6.01 Å². The third kappa shape index (κ3) is 3.76. The summed E-state index contributed by atoms with van der Waals surface area (Å²) in [5, 5.41) is 7.80. The zero-order valence-corrected chi connectivity index (χ0v) is 13.5. The molecule has 0 aliphatic carbocycles. The molecule has 0 unspecified atom stereocenters. The topological polar surface area (TPSA) is 92.4 Å². The fourth-order valence-electron chi connectivity index (χ4n) is 2.61. The first kappa shape index (κ1) is 16.1. The minimum absolute atomic E-state index is 0.00593. The molecule has 0 radical (unpaired) electrons. The lowest BCUT2D eigenvalue weighted by molar-refractivity contribution is -0.131. The number of carbonyl (C=O) groups is 2. The van der Waals surface area contributed by atoms with Crippen molar-refractivity contribution in [2.75, 3.05) is 31.1 Å². The Balaban J connectivity index is 1.46. The van der Waals surface area contributed by atoms with E-state index in [0.29, 0.717) is 43.6 Å². The number of nitrogens with zero attached hydrogens (tertiary/aromatic N) is 5. The molecule has 0 N–H and O–H groups in total. The minimum Gasteiger partial charge on any atom is -0.408 e. The SMILES string of the molecule is Cc1nnc(N2CCN(C(=O)CCC(=O)c3cccnc3)CC2)o1. The van der Waals surface area contributed by atoms with Crippen molar-refractivity contribution in [1.29, 1.82) is 0 Å². The van der Waals surface area contributed by atoms with Gasteiger partial charge in [0.15, 0.2) is 5.78 Å². The average Bonchev–Trinajstić information content (AvgIpc) is 3.06. The largest absolute Gasteiger partial charge is 0.408 e. The van der Waals surface area contributed by atoms with Gasteiger partial charge in [-0.15, -0.1) is 5.10 Å². The van der Waals surface area contributed by atoms with Gasteiger partial charge in [0.05, 0.1) is 0 Å². The lowest BCUT2D eigenvalue weighted by atomic mass is 10.1. The van der Waals surface area contributed by atoms with E-state index in [1.54, 1.807) is 30.2 Å². The van der Waals surface area contributed by atoms with Crippen molar-refractivity contribution in [3.8, 4) is 0 Å². The maximum absolute atomic E-state index is 12.3. The second kappa shape index (κ2) is 7.20. The maximum Gasteiger partial charge on any atom is 0.318 e. The van der Waals surface area contributed by atoms with Crippen LogP contribution in [0.2, 0.25) is 0 Å². The molecule has 0 saturated carbocycles. The summed E-state index contributed by atoms with van der Waals surface area (Å²) in [6, 6.07) is 3.92. The maximum atomic E-state index is 12.3. The number of pyridine rings is 1. The van der Waals surface area contributed by atoms with Crippen LogP contribution in [-0.4, -0.2) is 58.0 Å². The van der Waals surface area contributed by atoms with Gasteiger partial charge in [-0.2, -0.15) is 0 Å². The van der Waals surface area contributed by atoms with Crippen molar-refractivity contribution in [2.45, 2.75) is 19.8 Å². The van der Waals surface area contributed by atoms with E-state index >= 15 is 0 Å². The molecule has 0 atom stereocenters. The first-order valence-corrected chi connectivity index (χ1v) is 7.89. The predicted octanol–water partition coefficient (Wildman–Crippen LogP) is 1.08. The van der Waals surface area contributed by atoms with E-state index in [2.05, 4.69) is 15.2 Å². The summed E-state index contributed by atoms with van der Waals surface area (Å²) in [6.45, 7) is 4.20. The second-order valence-electron chi connectivity index (χ2n) is 5.64. The summed E-state index contributed by atoms with van der Waals surface area (Å²) in [5.41, 5.74) is 0.543. The molecule has 0 bridgehead atoms. The second-order valence-corrected chi connectivity index (χ2v) is 5.64. The number of aromatic nitrogens is 3. The molecular weight excluding hydrogens is 310 g/mol. The molecule has 1 aliphatic rings. The van der Waals surface area contributed by atoms with E-state index in [9.17, 15) is 9.59 Å².